The van der Waals surface area contributed by atoms with Crippen molar-refractivity contribution < 1.29 is 9.21 Å². The second kappa shape index (κ2) is 6.83. The van der Waals surface area contributed by atoms with E-state index in [0.29, 0.717) is 29.7 Å². The van der Waals surface area contributed by atoms with Gasteiger partial charge in [-0.1, -0.05) is 20.8 Å². The number of carbonyl (C=O) groups is 1. The third-order valence-corrected chi connectivity index (χ3v) is 5.38. The second-order valence-corrected chi connectivity index (χ2v) is 7.22. The number of hydrogen-bond donors (Lipinski definition) is 0. The molecule has 124 valence electrons. The number of rotatable bonds is 4. The van der Waals surface area contributed by atoms with Crippen molar-refractivity contribution in [1.82, 2.24) is 14.9 Å². The van der Waals surface area contributed by atoms with E-state index in [1.807, 2.05) is 11.8 Å². The molecule has 0 radical (unpaired) electrons. The Labute approximate surface area is 140 Å². The van der Waals surface area contributed by atoms with Gasteiger partial charge >= 0.3 is 0 Å². The first-order valence-corrected chi connectivity index (χ1v) is 9.15. The third-order valence-electron chi connectivity index (χ3n) is 4.35. The Morgan fingerprint density at radius 3 is 3.04 bits per heavy atom. The summed E-state index contributed by atoms with van der Waals surface area (Å²) in [5.74, 6) is 1.44. The number of piperidine rings is 1. The quantitative estimate of drug-likeness (QED) is 0.853. The van der Waals surface area contributed by atoms with Crippen molar-refractivity contribution >= 4 is 17.2 Å². The van der Waals surface area contributed by atoms with E-state index in [1.54, 1.807) is 11.3 Å². The standard InChI is InChI=1S/C17H23N3O2S/c1-4-14-15(18-10-22-14)17(21)20-7-5-6-12(8-20)16-19-13(9-23-16)11(2)3/h9-12H,4-8H2,1-3H3/t12-/m1/s1. The number of likely N-dealkylation sites (tertiary alicyclic amines) is 1. The second-order valence-electron chi connectivity index (χ2n) is 6.33. The largest absolute Gasteiger partial charge is 0.448 e. The summed E-state index contributed by atoms with van der Waals surface area (Å²) in [6, 6.07) is 0. The lowest BCUT2D eigenvalue weighted by Gasteiger charge is -2.31. The minimum atomic E-state index is -0.0130. The highest BCUT2D eigenvalue weighted by Gasteiger charge is 2.29. The van der Waals surface area contributed by atoms with Crippen molar-refractivity contribution in [2.75, 3.05) is 13.1 Å². The van der Waals surface area contributed by atoms with Crippen LogP contribution in [0.15, 0.2) is 16.2 Å². The highest BCUT2D eigenvalue weighted by Crippen LogP contribution is 2.31. The molecule has 0 bridgehead atoms. The molecule has 0 unspecified atom stereocenters. The van der Waals surface area contributed by atoms with Crippen LogP contribution in [0.5, 0.6) is 0 Å². The van der Waals surface area contributed by atoms with Gasteiger partial charge in [-0.3, -0.25) is 4.79 Å². The van der Waals surface area contributed by atoms with E-state index >= 15 is 0 Å². The van der Waals surface area contributed by atoms with Gasteiger partial charge in [0.15, 0.2) is 12.1 Å². The normalized spacial score (nSPS) is 18.6. The predicted octanol–water partition coefficient (Wildman–Crippen LogP) is 3.84. The summed E-state index contributed by atoms with van der Waals surface area (Å²) in [7, 11) is 0. The van der Waals surface area contributed by atoms with Gasteiger partial charge < -0.3 is 9.32 Å². The van der Waals surface area contributed by atoms with Crippen LogP contribution in [-0.2, 0) is 6.42 Å². The molecule has 1 atom stereocenters. The zero-order valence-electron chi connectivity index (χ0n) is 13.9. The number of hydrogen-bond acceptors (Lipinski definition) is 5. The average Bonchev–Trinajstić information content (AvgIpc) is 3.23. The highest BCUT2D eigenvalue weighted by molar-refractivity contribution is 7.09. The van der Waals surface area contributed by atoms with Crippen LogP contribution < -0.4 is 0 Å². The fourth-order valence-electron chi connectivity index (χ4n) is 2.96. The summed E-state index contributed by atoms with van der Waals surface area (Å²) in [6.07, 6.45) is 4.15. The molecule has 5 nitrogen and oxygen atoms in total. The summed E-state index contributed by atoms with van der Waals surface area (Å²) in [4.78, 5) is 23.5. The van der Waals surface area contributed by atoms with Crippen LogP contribution in [0, 0.1) is 0 Å². The summed E-state index contributed by atoms with van der Waals surface area (Å²) >= 11 is 1.72. The Morgan fingerprint density at radius 2 is 2.35 bits per heavy atom. The lowest BCUT2D eigenvalue weighted by atomic mass is 9.98. The Kier molecular flexibility index (Phi) is 4.80. The van der Waals surface area contributed by atoms with Crippen LogP contribution in [0.4, 0.5) is 0 Å². The van der Waals surface area contributed by atoms with Gasteiger partial charge in [0, 0.05) is 30.8 Å². The van der Waals surface area contributed by atoms with E-state index in [2.05, 4.69) is 24.2 Å². The van der Waals surface area contributed by atoms with Crippen LogP contribution in [0.3, 0.4) is 0 Å². The van der Waals surface area contributed by atoms with Gasteiger partial charge in [0.25, 0.3) is 5.91 Å². The minimum Gasteiger partial charge on any atom is -0.448 e. The molecule has 1 amide bonds. The maximum absolute atomic E-state index is 12.7. The van der Waals surface area contributed by atoms with E-state index in [0.717, 1.165) is 36.6 Å². The summed E-state index contributed by atoms with van der Waals surface area (Å²) in [5.41, 5.74) is 1.62. The summed E-state index contributed by atoms with van der Waals surface area (Å²) < 4.78 is 5.30. The third kappa shape index (κ3) is 3.32. The fourth-order valence-corrected chi connectivity index (χ4v) is 4.07. The Bertz CT molecular complexity index is 677. The van der Waals surface area contributed by atoms with Gasteiger partial charge in [0.1, 0.15) is 5.76 Å². The smallest absolute Gasteiger partial charge is 0.276 e. The van der Waals surface area contributed by atoms with E-state index < -0.39 is 0 Å². The van der Waals surface area contributed by atoms with Gasteiger partial charge in [-0.05, 0) is 18.8 Å². The summed E-state index contributed by atoms with van der Waals surface area (Å²) in [6.45, 7) is 7.80. The highest BCUT2D eigenvalue weighted by atomic mass is 32.1. The maximum atomic E-state index is 12.7. The molecule has 23 heavy (non-hydrogen) atoms. The van der Waals surface area contributed by atoms with Crippen molar-refractivity contribution in [3.8, 4) is 0 Å². The number of amides is 1. The molecule has 1 saturated heterocycles. The average molecular weight is 333 g/mol. The van der Waals surface area contributed by atoms with Crippen molar-refractivity contribution in [3.63, 3.8) is 0 Å². The van der Waals surface area contributed by atoms with E-state index in [9.17, 15) is 4.79 Å². The molecule has 0 spiro atoms. The first-order valence-electron chi connectivity index (χ1n) is 8.27. The molecular formula is C17H23N3O2S. The maximum Gasteiger partial charge on any atom is 0.276 e. The lowest BCUT2D eigenvalue weighted by molar-refractivity contribution is 0.0699. The molecule has 1 fully saturated rings. The van der Waals surface area contributed by atoms with Gasteiger partial charge in [-0.2, -0.15) is 0 Å². The number of aryl methyl sites for hydroxylation is 1. The number of oxazole rings is 1. The first kappa shape index (κ1) is 16.2. The van der Waals surface area contributed by atoms with Gasteiger partial charge in [0.2, 0.25) is 0 Å². The molecule has 6 heteroatoms. The molecule has 0 aromatic carbocycles. The van der Waals surface area contributed by atoms with Crippen molar-refractivity contribution in [2.24, 2.45) is 0 Å². The number of carbonyl (C=O) groups excluding carboxylic acids is 1. The number of aromatic nitrogens is 2. The molecule has 3 rings (SSSR count). The van der Waals surface area contributed by atoms with Crippen molar-refractivity contribution in [1.29, 1.82) is 0 Å². The van der Waals surface area contributed by atoms with E-state index in [4.69, 9.17) is 9.40 Å². The lowest BCUT2D eigenvalue weighted by Crippen LogP contribution is -2.39. The van der Waals surface area contributed by atoms with Crippen LogP contribution in [-0.4, -0.2) is 33.9 Å². The molecule has 0 saturated carbocycles. The summed E-state index contributed by atoms with van der Waals surface area (Å²) in [5, 5.41) is 3.30. The Hall–Kier alpha value is -1.69. The molecule has 0 aliphatic carbocycles. The Balaban J connectivity index is 1.74. The zero-order valence-corrected chi connectivity index (χ0v) is 14.7. The van der Waals surface area contributed by atoms with Crippen LogP contribution >= 0.6 is 11.3 Å². The van der Waals surface area contributed by atoms with E-state index in [1.165, 1.54) is 6.39 Å². The number of thiazole rings is 1. The molecule has 0 N–H and O–H groups in total. The molecule has 3 heterocycles. The molecule has 2 aromatic heterocycles. The van der Waals surface area contributed by atoms with Gasteiger partial charge in [-0.15, -0.1) is 11.3 Å². The van der Waals surface area contributed by atoms with Crippen LogP contribution in [0.1, 0.15) is 72.4 Å². The van der Waals surface area contributed by atoms with Gasteiger partial charge in [0.05, 0.1) is 10.7 Å². The molecule has 1 aliphatic heterocycles. The first-order chi connectivity index (χ1) is 11.1. The van der Waals surface area contributed by atoms with Crippen LogP contribution in [0.2, 0.25) is 0 Å². The number of nitrogens with zero attached hydrogens (tertiary/aromatic N) is 3. The Morgan fingerprint density at radius 1 is 1.52 bits per heavy atom. The van der Waals surface area contributed by atoms with Crippen molar-refractivity contribution in [3.05, 3.63) is 33.9 Å². The predicted molar refractivity (Wildman–Crippen MR) is 90.0 cm³/mol. The fraction of sp³-hybridized carbons (Fsp3) is 0.588. The monoisotopic (exact) mass is 333 g/mol. The SMILES string of the molecule is CCc1ocnc1C(=O)N1CCC[C@@H](c2nc(C(C)C)cs2)C1. The molecule has 2 aromatic rings. The van der Waals surface area contributed by atoms with E-state index in [-0.39, 0.29) is 5.91 Å². The van der Waals surface area contributed by atoms with Crippen molar-refractivity contribution in [2.45, 2.75) is 51.9 Å². The molecule has 1 aliphatic rings. The topological polar surface area (TPSA) is 59.2 Å². The molecular weight excluding hydrogens is 310 g/mol. The zero-order chi connectivity index (χ0) is 16.4. The minimum absolute atomic E-state index is 0.0130. The van der Waals surface area contributed by atoms with Crippen LogP contribution in [0.25, 0.3) is 0 Å². The van der Waals surface area contributed by atoms with Gasteiger partial charge in [-0.25, -0.2) is 9.97 Å².